The van der Waals surface area contributed by atoms with Crippen LogP contribution in [-0.2, 0) is 11.9 Å². The van der Waals surface area contributed by atoms with E-state index in [1.807, 2.05) is 0 Å². The minimum atomic E-state index is -0.669. The molecule has 9 heteroatoms. The van der Waals surface area contributed by atoms with Gasteiger partial charge in [-0.1, -0.05) is 5.16 Å². The third-order valence-electron chi connectivity index (χ3n) is 3.31. The fraction of sp³-hybridized carbons (Fsp3) is 0.214. The van der Waals surface area contributed by atoms with Gasteiger partial charge in [0.15, 0.2) is 5.84 Å². The lowest BCUT2D eigenvalue weighted by Crippen LogP contribution is -2.15. The van der Waals surface area contributed by atoms with Gasteiger partial charge in [0.1, 0.15) is 5.56 Å². The molecule has 0 fully saturated rings. The third kappa shape index (κ3) is 3.34. The monoisotopic (exact) mass is 317 g/mol. The number of hydrogen-bond donors (Lipinski definition) is 1. The molecule has 9 nitrogen and oxygen atoms in total. The van der Waals surface area contributed by atoms with E-state index >= 15 is 0 Å². The highest BCUT2D eigenvalue weighted by atomic mass is 16.7. The summed E-state index contributed by atoms with van der Waals surface area (Å²) in [7, 11) is 1.72. The van der Waals surface area contributed by atoms with E-state index in [1.54, 1.807) is 25.6 Å². The molecule has 1 aromatic heterocycles. The third-order valence-corrected chi connectivity index (χ3v) is 3.31. The Bertz CT molecular complexity index is 792. The Labute approximate surface area is 131 Å². The average molecular weight is 317 g/mol. The number of aromatic nitrogens is 2. The average Bonchev–Trinajstić information content (AvgIpc) is 2.77. The number of non-ortho nitro benzene ring substituents is 1. The summed E-state index contributed by atoms with van der Waals surface area (Å²) in [6.45, 7) is 3.42. The maximum Gasteiger partial charge on any atom is 0.369 e. The van der Waals surface area contributed by atoms with Crippen LogP contribution in [0, 0.1) is 24.0 Å². The van der Waals surface area contributed by atoms with Gasteiger partial charge in [-0.05, 0) is 26.0 Å². The lowest BCUT2D eigenvalue weighted by molar-refractivity contribution is -0.384. The standard InChI is InChI=1S/C14H15N5O4/c1-8-12(9(2)18(3)16-8)14(20)23-17-13(15)10-4-6-11(7-5-10)19(21)22/h4-7H,1-3H3,(H2,15,17). The van der Waals surface area contributed by atoms with Gasteiger partial charge in [0.05, 0.1) is 10.6 Å². The van der Waals surface area contributed by atoms with Crippen molar-refractivity contribution >= 4 is 17.5 Å². The van der Waals surface area contributed by atoms with Crippen molar-refractivity contribution in [2.45, 2.75) is 13.8 Å². The van der Waals surface area contributed by atoms with Crippen LogP contribution in [0.1, 0.15) is 27.3 Å². The van der Waals surface area contributed by atoms with Crippen LogP contribution < -0.4 is 5.73 Å². The molecule has 0 spiro atoms. The number of amidine groups is 1. The van der Waals surface area contributed by atoms with Crippen molar-refractivity contribution in [2.24, 2.45) is 17.9 Å². The van der Waals surface area contributed by atoms with E-state index < -0.39 is 10.9 Å². The summed E-state index contributed by atoms with van der Waals surface area (Å²) in [6, 6.07) is 5.42. The van der Waals surface area contributed by atoms with Crippen LogP contribution in [0.5, 0.6) is 0 Å². The van der Waals surface area contributed by atoms with Crippen molar-refractivity contribution in [3.05, 3.63) is 56.9 Å². The maximum atomic E-state index is 12.1. The Morgan fingerprint density at radius 3 is 2.43 bits per heavy atom. The summed E-state index contributed by atoms with van der Waals surface area (Å²) >= 11 is 0. The second-order valence-corrected chi connectivity index (χ2v) is 4.83. The lowest BCUT2D eigenvalue weighted by Gasteiger charge is -2.02. The summed E-state index contributed by atoms with van der Waals surface area (Å²) in [6.07, 6.45) is 0. The summed E-state index contributed by atoms with van der Waals surface area (Å²) < 4.78 is 1.56. The van der Waals surface area contributed by atoms with Crippen molar-refractivity contribution in [3.63, 3.8) is 0 Å². The first-order valence-electron chi connectivity index (χ1n) is 6.61. The van der Waals surface area contributed by atoms with Gasteiger partial charge in [-0.15, -0.1) is 0 Å². The van der Waals surface area contributed by atoms with Gasteiger partial charge >= 0.3 is 5.97 Å². The highest BCUT2D eigenvalue weighted by Gasteiger charge is 2.19. The number of nitrogens with two attached hydrogens (primary N) is 1. The fourth-order valence-corrected chi connectivity index (χ4v) is 2.01. The Kier molecular flexibility index (Phi) is 4.39. The van der Waals surface area contributed by atoms with E-state index in [9.17, 15) is 14.9 Å². The summed E-state index contributed by atoms with van der Waals surface area (Å²) in [5.74, 6) is -0.731. The fourth-order valence-electron chi connectivity index (χ4n) is 2.01. The molecule has 0 radical (unpaired) electrons. The highest BCUT2D eigenvalue weighted by Crippen LogP contribution is 2.14. The quantitative estimate of drug-likeness (QED) is 0.299. The molecule has 0 saturated heterocycles. The van der Waals surface area contributed by atoms with Crippen LogP contribution >= 0.6 is 0 Å². The van der Waals surface area contributed by atoms with E-state index in [-0.39, 0.29) is 11.5 Å². The van der Waals surface area contributed by atoms with Crippen LogP contribution in [0.2, 0.25) is 0 Å². The van der Waals surface area contributed by atoms with Crippen molar-refractivity contribution in [2.75, 3.05) is 0 Å². The molecule has 0 aliphatic heterocycles. The van der Waals surface area contributed by atoms with E-state index in [0.717, 1.165) is 0 Å². The van der Waals surface area contributed by atoms with Crippen molar-refractivity contribution in [1.82, 2.24) is 9.78 Å². The Morgan fingerprint density at radius 2 is 1.96 bits per heavy atom. The first-order chi connectivity index (χ1) is 10.8. The largest absolute Gasteiger partial charge is 0.380 e. The summed E-state index contributed by atoms with van der Waals surface area (Å²) in [5.41, 5.74) is 7.55. The number of hydrogen-bond acceptors (Lipinski definition) is 6. The molecule has 23 heavy (non-hydrogen) atoms. The van der Waals surface area contributed by atoms with E-state index in [4.69, 9.17) is 10.6 Å². The number of benzene rings is 1. The number of carbonyl (C=O) groups excluding carboxylic acids is 1. The van der Waals surface area contributed by atoms with E-state index in [2.05, 4.69) is 10.3 Å². The van der Waals surface area contributed by atoms with Gasteiger partial charge in [-0.2, -0.15) is 5.10 Å². The molecule has 0 unspecified atom stereocenters. The Morgan fingerprint density at radius 1 is 1.35 bits per heavy atom. The molecule has 0 bridgehead atoms. The van der Waals surface area contributed by atoms with Gasteiger partial charge in [-0.25, -0.2) is 4.79 Å². The molecular formula is C14H15N5O4. The number of nitro groups is 1. The van der Waals surface area contributed by atoms with Crippen LogP contribution in [0.25, 0.3) is 0 Å². The predicted molar refractivity (Wildman–Crippen MR) is 81.9 cm³/mol. The Balaban J connectivity index is 2.15. The second kappa shape index (κ2) is 6.26. The lowest BCUT2D eigenvalue weighted by atomic mass is 10.2. The maximum absolute atomic E-state index is 12.1. The molecular weight excluding hydrogens is 302 g/mol. The smallest absolute Gasteiger partial charge is 0.369 e. The number of nitro benzene ring substituents is 1. The second-order valence-electron chi connectivity index (χ2n) is 4.83. The summed E-state index contributed by atoms with van der Waals surface area (Å²) in [5, 5.41) is 18.3. The predicted octanol–water partition coefficient (Wildman–Crippen LogP) is 1.42. The zero-order valence-electron chi connectivity index (χ0n) is 12.8. The molecule has 2 rings (SSSR count). The highest BCUT2D eigenvalue weighted by molar-refractivity contribution is 5.98. The van der Waals surface area contributed by atoms with Crippen molar-refractivity contribution < 1.29 is 14.6 Å². The molecule has 1 aromatic carbocycles. The number of aryl methyl sites for hydroxylation is 2. The van der Waals surface area contributed by atoms with E-state index in [1.165, 1.54) is 24.3 Å². The molecule has 2 aromatic rings. The zero-order valence-corrected chi connectivity index (χ0v) is 12.8. The van der Waals surface area contributed by atoms with Gasteiger partial charge in [0, 0.05) is 30.4 Å². The van der Waals surface area contributed by atoms with Gasteiger partial charge in [0.25, 0.3) is 5.69 Å². The Hall–Kier alpha value is -3.23. The van der Waals surface area contributed by atoms with Crippen LogP contribution in [0.3, 0.4) is 0 Å². The SMILES string of the molecule is Cc1nn(C)c(C)c1C(=O)O/N=C(\N)c1ccc([N+](=O)[O-])cc1. The first-order valence-corrected chi connectivity index (χ1v) is 6.61. The molecule has 0 saturated carbocycles. The number of nitrogens with zero attached hydrogens (tertiary/aromatic N) is 4. The van der Waals surface area contributed by atoms with E-state index in [0.29, 0.717) is 22.5 Å². The van der Waals surface area contributed by atoms with Gasteiger partial charge < -0.3 is 10.6 Å². The van der Waals surface area contributed by atoms with Crippen molar-refractivity contribution in [1.29, 1.82) is 0 Å². The van der Waals surface area contributed by atoms with Crippen LogP contribution in [0.15, 0.2) is 29.4 Å². The molecule has 0 aliphatic carbocycles. The molecule has 0 aliphatic rings. The molecule has 0 atom stereocenters. The molecule has 2 N–H and O–H groups in total. The number of carbonyl (C=O) groups is 1. The number of oxime groups is 1. The molecule has 0 amide bonds. The zero-order chi connectivity index (χ0) is 17.1. The van der Waals surface area contributed by atoms with Gasteiger partial charge in [-0.3, -0.25) is 14.8 Å². The number of rotatable bonds is 4. The molecule has 1 heterocycles. The van der Waals surface area contributed by atoms with Crippen LogP contribution in [0.4, 0.5) is 5.69 Å². The minimum Gasteiger partial charge on any atom is -0.380 e. The summed E-state index contributed by atoms with van der Waals surface area (Å²) in [4.78, 5) is 26.9. The topological polar surface area (TPSA) is 126 Å². The van der Waals surface area contributed by atoms with Gasteiger partial charge in [0.2, 0.25) is 0 Å². The minimum absolute atomic E-state index is 0.0626. The molecule has 120 valence electrons. The van der Waals surface area contributed by atoms with Crippen molar-refractivity contribution in [3.8, 4) is 0 Å². The first kappa shape index (κ1) is 16.1. The normalized spacial score (nSPS) is 11.3. The van der Waals surface area contributed by atoms with Crippen LogP contribution in [-0.4, -0.2) is 26.5 Å².